The fourth-order valence-electron chi connectivity index (χ4n) is 1.03. The summed E-state index contributed by atoms with van der Waals surface area (Å²) >= 11 is 0. The van der Waals surface area contributed by atoms with Crippen molar-refractivity contribution in [3.8, 4) is 0 Å². The summed E-state index contributed by atoms with van der Waals surface area (Å²) in [5, 5.41) is 2.77. The fourth-order valence-corrected chi connectivity index (χ4v) is 1.03. The van der Waals surface area contributed by atoms with Crippen LogP contribution in [-0.2, 0) is 0 Å². The van der Waals surface area contributed by atoms with E-state index in [1.54, 1.807) is 12.3 Å². The second-order valence-electron chi connectivity index (χ2n) is 3.55. The smallest absolute Gasteiger partial charge is 0.287 e. The van der Waals surface area contributed by atoms with Gasteiger partial charge in [-0.1, -0.05) is 0 Å². The first kappa shape index (κ1) is 10.8. The van der Waals surface area contributed by atoms with Gasteiger partial charge < -0.3 is 14.6 Å². The number of carbonyl (C=O) groups is 1. The van der Waals surface area contributed by atoms with E-state index in [9.17, 15) is 4.79 Å². The van der Waals surface area contributed by atoms with Crippen LogP contribution in [0.1, 0.15) is 16.1 Å². The molecule has 1 rings (SSSR count). The van der Waals surface area contributed by atoms with Gasteiger partial charge in [-0.05, 0) is 32.6 Å². The van der Waals surface area contributed by atoms with Gasteiger partial charge in [-0.25, -0.2) is 0 Å². The van der Waals surface area contributed by atoms with Crippen molar-refractivity contribution in [1.29, 1.82) is 0 Å². The Labute approximate surface area is 83.9 Å². The lowest BCUT2D eigenvalue weighted by Crippen LogP contribution is -2.31. The van der Waals surface area contributed by atoms with Gasteiger partial charge in [0.05, 0.1) is 6.26 Å². The van der Waals surface area contributed by atoms with Crippen LogP contribution in [0.15, 0.2) is 16.7 Å². The molecule has 1 aromatic rings. The van der Waals surface area contributed by atoms with Gasteiger partial charge in [-0.15, -0.1) is 0 Å². The number of aryl methyl sites for hydroxylation is 1. The molecule has 14 heavy (non-hydrogen) atoms. The average molecular weight is 196 g/mol. The Hall–Kier alpha value is -1.29. The van der Waals surface area contributed by atoms with Gasteiger partial charge in [0, 0.05) is 13.1 Å². The monoisotopic (exact) mass is 196 g/mol. The molecule has 1 N–H and O–H groups in total. The van der Waals surface area contributed by atoms with Crippen LogP contribution in [0.3, 0.4) is 0 Å². The first-order valence-corrected chi connectivity index (χ1v) is 4.57. The van der Waals surface area contributed by atoms with Crippen LogP contribution in [0.4, 0.5) is 0 Å². The molecule has 1 aromatic heterocycles. The largest absolute Gasteiger partial charge is 0.459 e. The van der Waals surface area contributed by atoms with Crippen LogP contribution >= 0.6 is 0 Å². The standard InChI is InChI=1S/C10H16N2O2/c1-8-6-9(14-7-8)10(13)11-4-5-12(2)3/h6-7H,4-5H2,1-3H3,(H,11,13). The molecule has 0 aliphatic carbocycles. The Kier molecular flexibility index (Phi) is 3.71. The third kappa shape index (κ3) is 3.22. The van der Waals surface area contributed by atoms with E-state index < -0.39 is 0 Å². The molecule has 0 saturated carbocycles. The van der Waals surface area contributed by atoms with E-state index in [0.717, 1.165) is 12.1 Å². The minimum atomic E-state index is -0.153. The number of hydrogen-bond donors (Lipinski definition) is 1. The molecular weight excluding hydrogens is 180 g/mol. The number of likely N-dealkylation sites (N-methyl/N-ethyl adjacent to an activating group) is 1. The van der Waals surface area contributed by atoms with Crippen LogP contribution in [0.25, 0.3) is 0 Å². The van der Waals surface area contributed by atoms with Gasteiger partial charge in [0.25, 0.3) is 5.91 Å². The van der Waals surface area contributed by atoms with Gasteiger partial charge in [-0.3, -0.25) is 4.79 Å². The summed E-state index contributed by atoms with van der Waals surface area (Å²) in [5.74, 6) is 0.223. The van der Waals surface area contributed by atoms with Crippen LogP contribution in [0.5, 0.6) is 0 Å². The third-order valence-electron chi connectivity index (χ3n) is 1.80. The summed E-state index contributed by atoms with van der Waals surface area (Å²) in [7, 11) is 3.92. The van der Waals surface area contributed by atoms with Crippen molar-refractivity contribution in [2.75, 3.05) is 27.2 Å². The highest BCUT2D eigenvalue weighted by molar-refractivity contribution is 5.91. The zero-order chi connectivity index (χ0) is 10.6. The van der Waals surface area contributed by atoms with Gasteiger partial charge in [0.1, 0.15) is 0 Å². The molecule has 0 aromatic carbocycles. The summed E-state index contributed by atoms with van der Waals surface area (Å²) in [6, 6.07) is 1.73. The zero-order valence-corrected chi connectivity index (χ0v) is 8.83. The molecule has 4 nitrogen and oxygen atoms in total. The molecule has 0 unspecified atom stereocenters. The molecule has 1 amide bonds. The van der Waals surface area contributed by atoms with Gasteiger partial charge in [0.15, 0.2) is 5.76 Å². The second kappa shape index (κ2) is 4.81. The number of nitrogens with one attached hydrogen (secondary N) is 1. The predicted octanol–water partition coefficient (Wildman–Crippen LogP) is 0.879. The van der Waals surface area contributed by atoms with Gasteiger partial charge in [0.2, 0.25) is 0 Å². The normalized spacial score (nSPS) is 10.6. The molecule has 4 heteroatoms. The molecule has 0 saturated heterocycles. The molecule has 0 spiro atoms. The summed E-state index contributed by atoms with van der Waals surface area (Å²) < 4.78 is 5.06. The highest BCUT2D eigenvalue weighted by Gasteiger charge is 2.08. The molecule has 0 bridgehead atoms. The average Bonchev–Trinajstić information content (AvgIpc) is 2.51. The van der Waals surface area contributed by atoms with Gasteiger partial charge in [-0.2, -0.15) is 0 Å². The Balaban J connectivity index is 2.36. The topological polar surface area (TPSA) is 45.5 Å². The highest BCUT2D eigenvalue weighted by atomic mass is 16.3. The molecule has 0 aliphatic heterocycles. The summed E-state index contributed by atoms with van der Waals surface area (Å²) in [4.78, 5) is 13.4. The summed E-state index contributed by atoms with van der Waals surface area (Å²) in [6.07, 6.45) is 1.57. The Bertz CT molecular complexity index is 305. The minimum Gasteiger partial charge on any atom is -0.459 e. The first-order chi connectivity index (χ1) is 6.59. The number of rotatable bonds is 4. The molecule has 0 aliphatic rings. The summed E-state index contributed by atoms with van der Waals surface area (Å²) in [5.41, 5.74) is 0.961. The molecule has 0 radical (unpaired) electrons. The van der Waals surface area contributed by atoms with E-state index in [2.05, 4.69) is 5.32 Å². The van der Waals surface area contributed by atoms with Crippen molar-refractivity contribution in [3.63, 3.8) is 0 Å². The molecule has 78 valence electrons. The van der Waals surface area contributed by atoms with Crippen molar-refractivity contribution < 1.29 is 9.21 Å². The summed E-state index contributed by atoms with van der Waals surface area (Å²) in [6.45, 7) is 3.34. The maximum absolute atomic E-state index is 11.4. The van der Waals surface area contributed by atoms with E-state index in [-0.39, 0.29) is 5.91 Å². The minimum absolute atomic E-state index is 0.153. The second-order valence-corrected chi connectivity index (χ2v) is 3.55. The predicted molar refractivity (Wildman–Crippen MR) is 54.3 cm³/mol. The fraction of sp³-hybridized carbons (Fsp3) is 0.500. The number of carbonyl (C=O) groups excluding carboxylic acids is 1. The Morgan fingerprint density at radius 1 is 1.57 bits per heavy atom. The van der Waals surface area contributed by atoms with Crippen molar-refractivity contribution in [2.24, 2.45) is 0 Å². The number of amides is 1. The maximum Gasteiger partial charge on any atom is 0.287 e. The van der Waals surface area contributed by atoms with E-state index >= 15 is 0 Å². The van der Waals surface area contributed by atoms with Crippen LogP contribution in [0.2, 0.25) is 0 Å². The van der Waals surface area contributed by atoms with Crippen molar-refractivity contribution >= 4 is 5.91 Å². The number of furan rings is 1. The maximum atomic E-state index is 11.4. The van der Waals surface area contributed by atoms with Gasteiger partial charge >= 0.3 is 0 Å². The Morgan fingerprint density at radius 2 is 2.29 bits per heavy atom. The lowest BCUT2D eigenvalue weighted by atomic mass is 10.3. The SMILES string of the molecule is Cc1coc(C(=O)NCCN(C)C)c1. The highest BCUT2D eigenvalue weighted by Crippen LogP contribution is 2.05. The van der Waals surface area contributed by atoms with E-state index in [4.69, 9.17) is 4.42 Å². The van der Waals surface area contributed by atoms with E-state index in [1.807, 2.05) is 25.9 Å². The van der Waals surface area contributed by atoms with Crippen LogP contribution in [0, 0.1) is 6.92 Å². The quantitative estimate of drug-likeness (QED) is 0.777. The van der Waals surface area contributed by atoms with Crippen LogP contribution in [-0.4, -0.2) is 38.0 Å². The number of hydrogen-bond acceptors (Lipinski definition) is 3. The Morgan fingerprint density at radius 3 is 2.79 bits per heavy atom. The molecule has 0 fully saturated rings. The van der Waals surface area contributed by atoms with Crippen molar-refractivity contribution in [2.45, 2.75) is 6.92 Å². The lowest BCUT2D eigenvalue weighted by molar-refractivity contribution is 0.0923. The zero-order valence-electron chi connectivity index (χ0n) is 8.83. The molecule has 1 heterocycles. The van der Waals surface area contributed by atoms with Crippen molar-refractivity contribution in [1.82, 2.24) is 10.2 Å². The van der Waals surface area contributed by atoms with Crippen molar-refractivity contribution in [3.05, 3.63) is 23.7 Å². The molecular formula is C10H16N2O2. The van der Waals surface area contributed by atoms with E-state index in [1.165, 1.54) is 0 Å². The van der Waals surface area contributed by atoms with Crippen LogP contribution < -0.4 is 5.32 Å². The molecule has 0 atom stereocenters. The third-order valence-corrected chi connectivity index (χ3v) is 1.80. The lowest BCUT2D eigenvalue weighted by Gasteiger charge is -2.09. The van der Waals surface area contributed by atoms with E-state index in [0.29, 0.717) is 12.3 Å². The first-order valence-electron chi connectivity index (χ1n) is 4.57. The number of nitrogens with zero attached hydrogens (tertiary/aromatic N) is 1.